The zero-order valence-corrected chi connectivity index (χ0v) is 23.0. The molecule has 2 aliphatic heterocycles. The number of hydrogen-bond acceptors (Lipinski definition) is 4. The van der Waals surface area contributed by atoms with E-state index in [1.807, 2.05) is 18.2 Å². The molecule has 2 heterocycles. The highest BCUT2D eigenvalue weighted by molar-refractivity contribution is 7.89. The number of hydrogen-bond donors (Lipinski definition) is 0. The number of halogens is 4. The first kappa shape index (κ1) is 28.1. The Labute approximate surface area is 232 Å². The Morgan fingerprint density at radius 3 is 2.51 bits per heavy atom. The lowest BCUT2D eigenvalue weighted by molar-refractivity contribution is -0.137. The molecule has 10 heteroatoms. The van der Waals surface area contributed by atoms with Crippen molar-refractivity contribution in [1.29, 1.82) is 0 Å². The number of fused-ring (bicyclic) bond motifs is 1. The van der Waals surface area contributed by atoms with Crippen LogP contribution in [0.2, 0.25) is 5.02 Å². The molecular formula is C29H30ClF3N2O3S. The van der Waals surface area contributed by atoms with Crippen LogP contribution in [0, 0.1) is 0 Å². The molecule has 0 aliphatic carbocycles. The second kappa shape index (κ2) is 10.9. The van der Waals surface area contributed by atoms with Crippen LogP contribution in [0.25, 0.3) is 0 Å². The number of epoxide rings is 1. The molecule has 3 aromatic rings. The second-order valence-corrected chi connectivity index (χ2v) is 12.7. The number of ether oxygens (including phenoxy) is 1. The number of benzene rings is 3. The van der Waals surface area contributed by atoms with Crippen LogP contribution in [0.4, 0.5) is 13.2 Å². The van der Waals surface area contributed by atoms with Gasteiger partial charge in [0.25, 0.3) is 0 Å². The van der Waals surface area contributed by atoms with Gasteiger partial charge in [0.05, 0.1) is 10.5 Å². The molecule has 5 rings (SSSR count). The fourth-order valence-corrected chi connectivity index (χ4v) is 6.91. The van der Waals surface area contributed by atoms with Crippen molar-refractivity contribution in [2.75, 3.05) is 33.2 Å². The standard InChI is InChI=1S/C29H30ClF3N2O3S/c1-34(39(36,37)26-11-3-2-4-12-26)19-22(21-7-5-10-25(30)17-21)13-15-35-16-14-28(27(20-35)38-28)23-8-6-9-24(18-23)29(31,32)33/h2-12,17-18,22,27H,13-16,19-20H2,1H3/t22-,27?,28?/m1/s1. The highest BCUT2D eigenvalue weighted by atomic mass is 35.5. The van der Waals surface area contributed by atoms with Crippen LogP contribution in [-0.2, 0) is 26.5 Å². The normalized spacial score (nSPS) is 22.5. The van der Waals surface area contributed by atoms with Crippen molar-refractivity contribution in [2.24, 2.45) is 0 Å². The minimum absolute atomic E-state index is 0.109. The first-order valence-corrected chi connectivity index (χ1v) is 14.7. The highest BCUT2D eigenvalue weighted by Crippen LogP contribution is 2.52. The van der Waals surface area contributed by atoms with Crippen molar-refractivity contribution in [3.63, 3.8) is 0 Å². The summed E-state index contributed by atoms with van der Waals surface area (Å²) in [5.74, 6) is -0.109. The Bertz CT molecular complexity index is 1420. The lowest BCUT2D eigenvalue weighted by atomic mass is 9.87. The Morgan fingerprint density at radius 1 is 1.08 bits per heavy atom. The minimum atomic E-state index is -4.39. The SMILES string of the molecule is CN(C[C@@H](CCN1CCC2(c3cccc(C(F)(F)F)c3)OC2C1)c1cccc(Cl)c1)S(=O)(=O)c1ccccc1. The molecule has 5 nitrogen and oxygen atoms in total. The number of alkyl halides is 3. The van der Waals surface area contributed by atoms with Crippen molar-refractivity contribution >= 4 is 21.6 Å². The minimum Gasteiger partial charge on any atom is -0.360 e. The summed E-state index contributed by atoms with van der Waals surface area (Å²) >= 11 is 6.27. The molecular weight excluding hydrogens is 549 g/mol. The molecule has 0 radical (unpaired) electrons. The maximum atomic E-state index is 13.2. The zero-order chi connectivity index (χ0) is 27.8. The molecule has 0 spiro atoms. The molecule has 3 atom stereocenters. The number of sulfonamides is 1. The third kappa shape index (κ3) is 6.02. The van der Waals surface area contributed by atoms with Crippen molar-refractivity contribution in [1.82, 2.24) is 9.21 Å². The number of piperidine rings is 1. The third-order valence-corrected chi connectivity index (χ3v) is 9.83. The Kier molecular flexibility index (Phi) is 7.83. The first-order chi connectivity index (χ1) is 18.5. The lowest BCUT2D eigenvalue weighted by Gasteiger charge is -2.31. The maximum absolute atomic E-state index is 13.2. The number of likely N-dealkylation sites (tertiary alicyclic amines) is 1. The quantitative estimate of drug-likeness (QED) is 0.286. The van der Waals surface area contributed by atoms with Gasteiger partial charge in [0.1, 0.15) is 11.7 Å². The van der Waals surface area contributed by atoms with Crippen molar-refractivity contribution in [2.45, 2.75) is 41.5 Å². The predicted molar refractivity (Wildman–Crippen MR) is 144 cm³/mol. The van der Waals surface area contributed by atoms with Gasteiger partial charge in [0.15, 0.2) is 0 Å². The van der Waals surface area contributed by atoms with Crippen LogP contribution in [0.1, 0.15) is 35.4 Å². The Hall–Kier alpha value is -2.43. The summed E-state index contributed by atoms with van der Waals surface area (Å²) in [7, 11) is -2.08. The van der Waals surface area contributed by atoms with Crippen LogP contribution >= 0.6 is 11.6 Å². The summed E-state index contributed by atoms with van der Waals surface area (Å²) in [5.41, 5.74) is 0.209. The molecule has 2 aliphatic rings. The monoisotopic (exact) mass is 578 g/mol. The van der Waals surface area contributed by atoms with E-state index >= 15 is 0 Å². The smallest absolute Gasteiger partial charge is 0.360 e. The van der Waals surface area contributed by atoms with E-state index in [2.05, 4.69) is 4.90 Å². The van der Waals surface area contributed by atoms with E-state index in [1.54, 1.807) is 49.5 Å². The van der Waals surface area contributed by atoms with E-state index in [9.17, 15) is 21.6 Å². The van der Waals surface area contributed by atoms with Gasteiger partial charge >= 0.3 is 6.18 Å². The van der Waals surface area contributed by atoms with Gasteiger partial charge in [-0.25, -0.2) is 12.7 Å². The zero-order valence-electron chi connectivity index (χ0n) is 21.4. The molecule has 2 saturated heterocycles. The Balaban J connectivity index is 1.26. The van der Waals surface area contributed by atoms with Gasteiger partial charge in [-0.1, -0.05) is 54.1 Å². The van der Waals surface area contributed by atoms with Crippen molar-refractivity contribution in [3.8, 4) is 0 Å². The van der Waals surface area contributed by atoms with Gasteiger partial charge in [-0.15, -0.1) is 0 Å². The van der Waals surface area contributed by atoms with Crippen LogP contribution in [0.3, 0.4) is 0 Å². The van der Waals surface area contributed by atoms with Gasteiger partial charge in [0, 0.05) is 31.7 Å². The molecule has 0 bridgehead atoms. The molecule has 0 saturated carbocycles. The molecule has 2 fully saturated rings. The van der Waals surface area contributed by atoms with E-state index in [4.69, 9.17) is 16.3 Å². The van der Waals surface area contributed by atoms with Gasteiger partial charge in [0.2, 0.25) is 10.0 Å². The van der Waals surface area contributed by atoms with Crippen molar-refractivity contribution < 1.29 is 26.3 Å². The average molecular weight is 579 g/mol. The summed E-state index contributed by atoms with van der Waals surface area (Å²) in [5, 5.41) is 0.585. The molecule has 0 N–H and O–H groups in total. The topological polar surface area (TPSA) is 53.1 Å². The average Bonchev–Trinajstić information content (AvgIpc) is 3.66. The molecule has 39 heavy (non-hydrogen) atoms. The van der Waals surface area contributed by atoms with E-state index < -0.39 is 27.4 Å². The lowest BCUT2D eigenvalue weighted by Crippen LogP contribution is -2.40. The Morgan fingerprint density at radius 2 is 1.82 bits per heavy atom. The molecule has 208 valence electrons. The molecule has 2 unspecified atom stereocenters. The van der Waals surface area contributed by atoms with Gasteiger partial charge in [-0.2, -0.15) is 13.2 Å². The number of likely N-dealkylation sites (N-methyl/N-ethyl adjacent to an activating group) is 1. The largest absolute Gasteiger partial charge is 0.416 e. The van der Waals surface area contributed by atoms with E-state index in [-0.39, 0.29) is 23.5 Å². The third-order valence-electron chi connectivity index (χ3n) is 7.76. The number of rotatable bonds is 9. The molecule has 0 aromatic heterocycles. The summed E-state index contributed by atoms with van der Waals surface area (Å²) in [6.07, 6.45) is -3.28. The van der Waals surface area contributed by atoms with Crippen molar-refractivity contribution in [3.05, 3.63) is 101 Å². The van der Waals surface area contributed by atoms with E-state index in [1.165, 1.54) is 16.4 Å². The fraction of sp³-hybridized carbons (Fsp3) is 0.379. The van der Waals surface area contributed by atoms with E-state index in [0.717, 1.165) is 11.6 Å². The summed E-state index contributed by atoms with van der Waals surface area (Å²) < 4.78 is 73.5. The van der Waals surface area contributed by atoms with Crippen LogP contribution in [-0.4, -0.2) is 57.0 Å². The second-order valence-electron chi connectivity index (χ2n) is 10.3. The number of nitrogens with zero attached hydrogens (tertiary/aromatic N) is 2. The summed E-state index contributed by atoms with van der Waals surface area (Å²) in [6, 6.07) is 21.2. The summed E-state index contributed by atoms with van der Waals surface area (Å²) in [4.78, 5) is 2.48. The van der Waals surface area contributed by atoms with Crippen LogP contribution in [0.15, 0.2) is 83.8 Å². The van der Waals surface area contributed by atoms with Crippen LogP contribution < -0.4 is 0 Å². The predicted octanol–water partition coefficient (Wildman–Crippen LogP) is 6.15. The highest BCUT2D eigenvalue weighted by Gasteiger charge is 2.60. The fourth-order valence-electron chi connectivity index (χ4n) is 5.48. The van der Waals surface area contributed by atoms with Gasteiger partial charge in [-0.05, 0) is 72.8 Å². The van der Waals surface area contributed by atoms with E-state index in [0.29, 0.717) is 43.1 Å². The molecule has 3 aromatic carbocycles. The molecule has 0 amide bonds. The maximum Gasteiger partial charge on any atom is 0.416 e. The van der Waals surface area contributed by atoms with Crippen LogP contribution in [0.5, 0.6) is 0 Å². The van der Waals surface area contributed by atoms with Gasteiger partial charge < -0.3 is 9.64 Å². The van der Waals surface area contributed by atoms with Gasteiger partial charge in [-0.3, -0.25) is 0 Å². The summed E-state index contributed by atoms with van der Waals surface area (Å²) in [6.45, 7) is 2.25. The first-order valence-electron chi connectivity index (χ1n) is 12.8.